The van der Waals surface area contributed by atoms with Crippen LogP contribution in [0.1, 0.15) is 5.56 Å². The second-order valence-corrected chi connectivity index (χ2v) is 7.55. The summed E-state index contributed by atoms with van der Waals surface area (Å²) in [5.74, 6) is 2.05. The minimum absolute atomic E-state index is 0.333. The minimum atomic E-state index is 0.333. The number of halogens is 1. The van der Waals surface area contributed by atoms with Gasteiger partial charge in [-0.1, -0.05) is 34.1 Å². The van der Waals surface area contributed by atoms with Crippen molar-refractivity contribution in [2.24, 2.45) is 5.10 Å². The molecule has 2 heterocycles. The number of nitrogens with one attached hydrogen (secondary N) is 2. The van der Waals surface area contributed by atoms with E-state index in [2.05, 4.69) is 51.6 Å². The Morgan fingerprint density at radius 3 is 2.68 bits per heavy atom. The first kappa shape index (κ1) is 21.0. The standard InChI is InChI=1S/C21H22BrN7O2/c1-30-18-8-3-2-5-15(18)14-23-28-20-25-19(24-17-7-4-6-16(22)13-17)26-21(27-20)29-9-11-31-12-10-29/h2-8,13-14H,9-12H2,1H3,(H2,24,25,26,27,28)/b23-14-. The van der Waals surface area contributed by atoms with Crippen molar-refractivity contribution < 1.29 is 9.47 Å². The number of morpholine rings is 1. The topological polar surface area (TPSA) is 96.8 Å². The Kier molecular flexibility index (Phi) is 6.90. The van der Waals surface area contributed by atoms with E-state index in [0.717, 1.165) is 21.5 Å². The molecule has 9 nitrogen and oxygen atoms in total. The lowest BCUT2D eigenvalue weighted by atomic mass is 10.2. The van der Waals surface area contributed by atoms with Crippen LogP contribution in [0.3, 0.4) is 0 Å². The van der Waals surface area contributed by atoms with E-state index in [1.54, 1.807) is 13.3 Å². The predicted octanol–water partition coefficient (Wildman–Crippen LogP) is 3.67. The molecule has 1 aliphatic heterocycles. The van der Waals surface area contributed by atoms with Gasteiger partial charge in [-0.2, -0.15) is 20.1 Å². The summed E-state index contributed by atoms with van der Waals surface area (Å²) in [6.07, 6.45) is 1.67. The number of rotatable bonds is 7. The number of hydrazone groups is 1. The molecule has 2 aromatic carbocycles. The molecule has 31 heavy (non-hydrogen) atoms. The van der Waals surface area contributed by atoms with Gasteiger partial charge in [-0.25, -0.2) is 5.43 Å². The maximum absolute atomic E-state index is 5.44. The molecule has 1 aliphatic rings. The fourth-order valence-electron chi connectivity index (χ4n) is 3.00. The van der Waals surface area contributed by atoms with E-state index in [4.69, 9.17) is 9.47 Å². The van der Waals surface area contributed by atoms with E-state index < -0.39 is 0 Å². The first-order valence-electron chi connectivity index (χ1n) is 9.75. The molecule has 0 aliphatic carbocycles. The van der Waals surface area contributed by atoms with E-state index in [-0.39, 0.29) is 0 Å². The molecule has 1 aromatic heterocycles. The number of ether oxygens (including phenoxy) is 2. The monoisotopic (exact) mass is 483 g/mol. The van der Waals surface area contributed by atoms with Gasteiger partial charge in [0, 0.05) is 28.8 Å². The minimum Gasteiger partial charge on any atom is -0.496 e. The van der Waals surface area contributed by atoms with Crippen molar-refractivity contribution in [3.8, 4) is 5.75 Å². The van der Waals surface area contributed by atoms with Crippen molar-refractivity contribution in [3.63, 3.8) is 0 Å². The Morgan fingerprint density at radius 1 is 1.06 bits per heavy atom. The summed E-state index contributed by atoms with van der Waals surface area (Å²) in [5.41, 5.74) is 4.60. The summed E-state index contributed by atoms with van der Waals surface area (Å²) in [6.45, 7) is 2.69. The number of para-hydroxylation sites is 1. The number of methoxy groups -OCH3 is 1. The van der Waals surface area contributed by atoms with E-state index in [0.29, 0.717) is 44.1 Å². The summed E-state index contributed by atoms with van der Waals surface area (Å²) in [6, 6.07) is 15.4. The van der Waals surface area contributed by atoms with Crippen LogP contribution in [0.15, 0.2) is 58.1 Å². The molecule has 0 saturated carbocycles. The second kappa shape index (κ2) is 10.2. The number of hydrogen-bond donors (Lipinski definition) is 2. The third-order valence-electron chi connectivity index (χ3n) is 4.51. The van der Waals surface area contributed by atoms with Crippen molar-refractivity contribution in [2.75, 3.05) is 49.1 Å². The summed E-state index contributed by atoms with van der Waals surface area (Å²) < 4.78 is 11.7. The van der Waals surface area contributed by atoms with Gasteiger partial charge < -0.3 is 19.7 Å². The van der Waals surface area contributed by atoms with Crippen LogP contribution in [0, 0.1) is 0 Å². The highest BCUT2D eigenvalue weighted by atomic mass is 79.9. The predicted molar refractivity (Wildman–Crippen MR) is 124 cm³/mol. The fraction of sp³-hybridized carbons (Fsp3) is 0.238. The lowest BCUT2D eigenvalue weighted by Crippen LogP contribution is -2.37. The van der Waals surface area contributed by atoms with Gasteiger partial charge in [0.15, 0.2) is 0 Å². The van der Waals surface area contributed by atoms with E-state index >= 15 is 0 Å². The zero-order valence-corrected chi connectivity index (χ0v) is 18.5. The summed E-state index contributed by atoms with van der Waals surface area (Å²) >= 11 is 3.48. The molecule has 0 unspecified atom stereocenters. The molecule has 2 N–H and O–H groups in total. The highest BCUT2D eigenvalue weighted by Crippen LogP contribution is 2.21. The molecule has 0 spiro atoms. The van der Waals surface area contributed by atoms with Gasteiger partial charge in [-0.05, 0) is 30.3 Å². The molecule has 0 atom stereocenters. The van der Waals surface area contributed by atoms with E-state index in [1.807, 2.05) is 48.5 Å². The van der Waals surface area contributed by atoms with E-state index in [1.165, 1.54) is 0 Å². The van der Waals surface area contributed by atoms with Gasteiger partial charge >= 0.3 is 0 Å². The molecule has 0 amide bonds. The zero-order valence-electron chi connectivity index (χ0n) is 17.0. The largest absolute Gasteiger partial charge is 0.496 e. The average molecular weight is 484 g/mol. The molecule has 0 radical (unpaired) electrons. The fourth-order valence-corrected chi connectivity index (χ4v) is 3.40. The maximum Gasteiger partial charge on any atom is 0.250 e. The normalized spacial score (nSPS) is 13.9. The Bertz CT molecular complexity index is 1060. The zero-order chi connectivity index (χ0) is 21.5. The number of anilines is 4. The highest BCUT2D eigenvalue weighted by Gasteiger charge is 2.16. The van der Waals surface area contributed by atoms with Gasteiger partial charge in [0.1, 0.15) is 5.75 Å². The SMILES string of the molecule is COc1ccccc1/C=N\Nc1nc(Nc2cccc(Br)c2)nc(N2CCOCC2)n1. The second-order valence-electron chi connectivity index (χ2n) is 6.63. The van der Waals surface area contributed by atoms with Crippen molar-refractivity contribution in [1.82, 2.24) is 15.0 Å². The van der Waals surface area contributed by atoms with Gasteiger partial charge in [0.2, 0.25) is 17.8 Å². The quantitative estimate of drug-likeness (QED) is 0.388. The van der Waals surface area contributed by atoms with Crippen LogP contribution in [-0.2, 0) is 4.74 Å². The lowest BCUT2D eigenvalue weighted by molar-refractivity contribution is 0.122. The lowest BCUT2D eigenvalue weighted by Gasteiger charge is -2.27. The Labute approximate surface area is 188 Å². The first-order chi connectivity index (χ1) is 15.2. The molecule has 10 heteroatoms. The molecular weight excluding hydrogens is 462 g/mol. The Balaban J connectivity index is 1.58. The van der Waals surface area contributed by atoms with Crippen LogP contribution in [0.4, 0.5) is 23.5 Å². The van der Waals surface area contributed by atoms with Crippen LogP contribution < -0.4 is 20.4 Å². The smallest absolute Gasteiger partial charge is 0.250 e. The molecule has 1 saturated heterocycles. The number of nitrogens with zero attached hydrogens (tertiary/aromatic N) is 5. The molecule has 1 fully saturated rings. The van der Waals surface area contributed by atoms with Crippen LogP contribution in [0.5, 0.6) is 5.75 Å². The van der Waals surface area contributed by atoms with Gasteiger partial charge in [0.25, 0.3) is 0 Å². The summed E-state index contributed by atoms with van der Waals surface area (Å²) in [5, 5.41) is 7.51. The van der Waals surface area contributed by atoms with Crippen LogP contribution >= 0.6 is 15.9 Å². The maximum atomic E-state index is 5.44. The van der Waals surface area contributed by atoms with E-state index in [9.17, 15) is 0 Å². The highest BCUT2D eigenvalue weighted by molar-refractivity contribution is 9.10. The van der Waals surface area contributed by atoms with Gasteiger partial charge in [-0.15, -0.1) is 0 Å². The number of benzene rings is 2. The van der Waals surface area contributed by atoms with Crippen molar-refractivity contribution in [2.45, 2.75) is 0 Å². The summed E-state index contributed by atoms with van der Waals surface area (Å²) in [7, 11) is 1.63. The van der Waals surface area contributed by atoms with Crippen LogP contribution in [0.25, 0.3) is 0 Å². The Hall–Kier alpha value is -3.24. The van der Waals surface area contributed by atoms with Crippen molar-refractivity contribution in [3.05, 3.63) is 58.6 Å². The molecule has 4 rings (SSSR count). The summed E-state index contributed by atoms with van der Waals surface area (Å²) in [4.78, 5) is 15.6. The average Bonchev–Trinajstić information content (AvgIpc) is 2.80. The van der Waals surface area contributed by atoms with Gasteiger partial charge in [-0.3, -0.25) is 0 Å². The van der Waals surface area contributed by atoms with Crippen LogP contribution in [-0.4, -0.2) is 54.6 Å². The molecular formula is C21H22BrN7O2. The van der Waals surface area contributed by atoms with Crippen LogP contribution in [0.2, 0.25) is 0 Å². The molecule has 3 aromatic rings. The van der Waals surface area contributed by atoms with Crippen molar-refractivity contribution in [1.29, 1.82) is 0 Å². The third-order valence-corrected chi connectivity index (χ3v) is 5.00. The van der Waals surface area contributed by atoms with Crippen molar-refractivity contribution >= 4 is 45.7 Å². The number of aromatic nitrogens is 3. The Morgan fingerprint density at radius 2 is 1.87 bits per heavy atom. The first-order valence-corrected chi connectivity index (χ1v) is 10.5. The third kappa shape index (κ3) is 5.68. The molecule has 160 valence electrons. The molecule has 0 bridgehead atoms. The van der Waals surface area contributed by atoms with Gasteiger partial charge in [0.05, 0.1) is 26.5 Å². The number of hydrogen-bond acceptors (Lipinski definition) is 9.